The van der Waals surface area contributed by atoms with Crippen LogP contribution in [0.25, 0.3) is 0 Å². The molecule has 0 bridgehead atoms. The van der Waals surface area contributed by atoms with Crippen LogP contribution in [0.3, 0.4) is 0 Å². The second-order valence-corrected chi connectivity index (χ2v) is 1.67. The zero-order valence-corrected chi connectivity index (χ0v) is 4.81. The normalized spacial score (nSPS) is 9.12. The first kappa shape index (κ1) is 7.43. The van der Waals surface area contributed by atoms with Crippen LogP contribution in [-0.4, -0.2) is 12.5 Å². The minimum atomic E-state index is -0.265. The predicted octanol–water partition coefficient (Wildman–Crippen LogP) is -0.0751. The summed E-state index contributed by atoms with van der Waals surface area (Å²) in [4.78, 5) is 10.0. The molecule has 0 aromatic carbocycles. The Morgan fingerprint density at radius 3 is 2.50 bits per heavy atom. The summed E-state index contributed by atoms with van der Waals surface area (Å²) in [5.41, 5.74) is 11.5. The Hall–Kier alpha value is -0.570. The van der Waals surface area contributed by atoms with Crippen molar-refractivity contribution in [3.63, 3.8) is 0 Å². The average Bonchev–Trinajstić information content (AvgIpc) is 1.66. The van der Waals surface area contributed by atoms with Crippen molar-refractivity contribution in [2.45, 2.75) is 19.3 Å². The van der Waals surface area contributed by atoms with Crippen molar-refractivity contribution in [3.8, 4) is 0 Å². The number of nitrogens with two attached hydrogens (primary N) is 1. The Kier molecular flexibility index (Phi) is 4.26. The molecule has 1 amide bonds. The highest BCUT2D eigenvalue weighted by Gasteiger charge is 1.90. The van der Waals surface area contributed by atoms with Gasteiger partial charge < -0.3 is 5.73 Å². The van der Waals surface area contributed by atoms with E-state index in [0.717, 1.165) is 12.8 Å². The third kappa shape index (κ3) is 5.43. The fourth-order valence-electron chi connectivity index (χ4n) is 0.424. The first-order chi connectivity index (χ1) is 3.77. The van der Waals surface area contributed by atoms with Gasteiger partial charge >= 0.3 is 0 Å². The summed E-state index contributed by atoms with van der Waals surface area (Å²) in [5, 5.41) is 0. The van der Waals surface area contributed by atoms with Crippen molar-refractivity contribution in [2.75, 3.05) is 6.54 Å². The first-order valence-electron chi connectivity index (χ1n) is 2.70. The molecule has 3 N–H and O–H groups in total. The van der Waals surface area contributed by atoms with Crippen molar-refractivity contribution < 1.29 is 4.79 Å². The largest absolute Gasteiger partial charge is 0.370 e. The van der Waals surface area contributed by atoms with Gasteiger partial charge in [-0.2, -0.15) is 0 Å². The van der Waals surface area contributed by atoms with Crippen LogP contribution >= 0.6 is 0 Å². The third-order valence-electron chi connectivity index (χ3n) is 0.850. The molecular formula is C5H11N2O. The number of amides is 1. The maximum absolute atomic E-state index is 10.0. The van der Waals surface area contributed by atoms with Crippen LogP contribution in [-0.2, 0) is 4.79 Å². The molecule has 0 aromatic heterocycles. The fourth-order valence-corrected chi connectivity index (χ4v) is 0.424. The number of carbonyl (C=O) groups excluding carboxylic acids is 1. The van der Waals surface area contributed by atoms with E-state index in [2.05, 4.69) is 0 Å². The Balaban J connectivity index is 2.82. The Morgan fingerprint density at radius 1 is 1.50 bits per heavy atom. The molecule has 0 heterocycles. The minimum Gasteiger partial charge on any atom is -0.370 e. The lowest BCUT2D eigenvalue weighted by molar-refractivity contribution is -0.118. The summed E-state index contributed by atoms with van der Waals surface area (Å²) < 4.78 is 0. The molecular weight excluding hydrogens is 104 g/mol. The Morgan fingerprint density at radius 2 is 2.12 bits per heavy atom. The van der Waals surface area contributed by atoms with E-state index in [1.165, 1.54) is 0 Å². The van der Waals surface area contributed by atoms with Gasteiger partial charge in [-0.25, -0.2) is 0 Å². The van der Waals surface area contributed by atoms with E-state index < -0.39 is 0 Å². The molecule has 0 spiro atoms. The van der Waals surface area contributed by atoms with E-state index in [-0.39, 0.29) is 5.91 Å². The lowest BCUT2D eigenvalue weighted by atomic mass is 10.2. The SMILES string of the molecule is [NH]CCCCC(N)=O. The second kappa shape index (κ2) is 4.59. The zero-order valence-electron chi connectivity index (χ0n) is 4.81. The molecule has 0 aliphatic carbocycles. The molecule has 0 fully saturated rings. The lowest BCUT2D eigenvalue weighted by Gasteiger charge is -1.90. The molecule has 0 saturated carbocycles. The highest BCUT2D eigenvalue weighted by Crippen LogP contribution is 1.90. The standard InChI is InChI=1S/C5H11N2O/c6-4-2-1-3-5(7)8/h6H,1-4H2,(H2,7,8). The van der Waals surface area contributed by atoms with Gasteiger partial charge in [0.2, 0.25) is 5.91 Å². The van der Waals surface area contributed by atoms with Crippen molar-refractivity contribution in [3.05, 3.63) is 0 Å². The molecule has 0 aliphatic rings. The number of rotatable bonds is 4. The molecule has 47 valence electrons. The number of nitrogens with one attached hydrogen (secondary N) is 1. The molecule has 0 unspecified atom stereocenters. The van der Waals surface area contributed by atoms with Crippen molar-refractivity contribution in [1.29, 1.82) is 0 Å². The lowest BCUT2D eigenvalue weighted by Crippen LogP contribution is -2.09. The molecule has 3 nitrogen and oxygen atoms in total. The number of hydrogen-bond donors (Lipinski definition) is 1. The Labute approximate surface area is 49.0 Å². The zero-order chi connectivity index (χ0) is 6.41. The highest BCUT2D eigenvalue weighted by atomic mass is 16.1. The highest BCUT2D eigenvalue weighted by molar-refractivity contribution is 5.73. The van der Waals surface area contributed by atoms with Gasteiger partial charge in [0.15, 0.2) is 0 Å². The summed E-state index contributed by atoms with van der Waals surface area (Å²) in [6.45, 7) is 0.396. The topological polar surface area (TPSA) is 66.9 Å². The average molecular weight is 115 g/mol. The molecule has 1 radical (unpaired) electrons. The van der Waals surface area contributed by atoms with E-state index >= 15 is 0 Å². The van der Waals surface area contributed by atoms with Crippen LogP contribution in [0.4, 0.5) is 0 Å². The maximum Gasteiger partial charge on any atom is 0.217 e. The summed E-state index contributed by atoms with van der Waals surface area (Å²) in [6.07, 6.45) is 1.97. The molecule has 0 atom stereocenters. The van der Waals surface area contributed by atoms with E-state index in [1.54, 1.807) is 0 Å². The van der Waals surface area contributed by atoms with E-state index in [0.29, 0.717) is 13.0 Å². The van der Waals surface area contributed by atoms with Crippen LogP contribution in [0.15, 0.2) is 0 Å². The van der Waals surface area contributed by atoms with E-state index in [1.807, 2.05) is 0 Å². The number of hydrogen-bond acceptors (Lipinski definition) is 1. The maximum atomic E-state index is 10.0. The summed E-state index contributed by atoms with van der Waals surface area (Å²) in [7, 11) is 0. The van der Waals surface area contributed by atoms with Crippen molar-refractivity contribution >= 4 is 5.91 Å². The van der Waals surface area contributed by atoms with Gasteiger partial charge in [-0.15, -0.1) is 0 Å². The molecule has 8 heavy (non-hydrogen) atoms. The van der Waals surface area contributed by atoms with Gasteiger partial charge in [0.1, 0.15) is 0 Å². The first-order valence-corrected chi connectivity index (χ1v) is 2.70. The van der Waals surface area contributed by atoms with Gasteiger partial charge in [0, 0.05) is 13.0 Å². The van der Waals surface area contributed by atoms with Gasteiger partial charge in [-0.3, -0.25) is 10.5 Å². The molecule has 3 heteroatoms. The van der Waals surface area contributed by atoms with Gasteiger partial charge in [-0.1, -0.05) is 0 Å². The molecule has 0 rings (SSSR count). The monoisotopic (exact) mass is 115 g/mol. The summed E-state index contributed by atoms with van der Waals surface area (Å²) in [6, 6.07) is 0. The van der Waals surface area contributed by atoms with Crippen LogP contribution in [0.5, 0.6) is 0 Å². The van der Waals surface area contributed by atoms with Crippen LogP contribution in [0, 0.1) is 0 Å². The smallest absolute Gasteiger partial charge is 0.217 e. The van der Waals surface area contributed by atoms with E-state index in [4.69, 9.17) is 11.5 Å². The van der Waals surface area contributed by atoms with Gasteiger partial charge in [0.05, 0.1) is 0 Å². The summed E-state index contributed by atoms with van der Waals surface area (Å²) in [5.74, 6) is -0.265. The summed E-state index contributed by atoms with van der Waals surface area (Å²) >= 11 is 0. The predicted molar refractivity (Wildman–Crippen MR) is 31.0 cm³/mol. The quantitative estimate of drug-likeness (QED) is 0.512. The Bertz CT molecular complexity index is 72.8. The number of primary amides is 1. The van der Waals surface area contributed by atoms with Crippen LogP contribution in [0.1, 0.15) is 19.3 Å². The molecule has 0 aliphatic heterocycles. The van der Waals surface area contributed by atoms with Gasteiger partial charge in [-0.05, 0) is 12.8 Å². The van der Waals surface area contributed by atoms with Crippen LogP contribution < -0.4 is 11.5 Å². The third-order valence-corrected chi connectivity index (χ3v) is 0.850. The number of unbranched alkanes of at least 4 members (excludes halogenated alkanes) is 1. The fraction of sp³-hybridized carbons (Fsp3) is 0.800. The number of carbonyl (C=O) groups is 1. The minimum absolute atomic E-state index is 0.265. The van der Waals surface area contributed by atoms with E-state index in [9.17, 15) is 4.79 Å². The van der Waals surface area contributed by atoms with Crippen molar-refractivity contribution in [2.24, 2.45) is 5.73 Å². The molecule has 0 saturated heterocycles. The van der Waals surface area contributed by atoms with Crippen molar-refractivity contribution in [1.82, 2.24) is 5.73 Å². The molecule has 0 aromatic rings. The van der Waals surface area contributed by atoms with Crippen LogP contribution in [0.2, 0.25) is 0 Å². The second-order valence-electron chi connectivity index (χ2n) is 1.67. The van der Waals surface area contributed by atoms with Gasteiger partial charge in [0.25, 0.3) is 0 Å².